The Morgan fingerprint density at radius 2 is 1.64 bits per heavy atom. The Kier molecular flexibility index (Phi) is 6.59. The maximum atomic E-state index is 12.6. The Balaban J connectivity index is 1.56. The van der Waals surface area contributed by atoms with Crippen LogP contribution >= 0.6 is 0 Å². The number of ether oxygens (including phenoxy) is 4. The van der Waals surface area contributed by atoms with Crippen LogP contribution < -0.4 is 24.3 Å². The number of methoxy groups -OCH3 is 3. The van der Waals surface area contributed by atoms with Crippen LogP contribution in [0.15, 0.2) is 72.8 Å². The van der Waals surface area contributed by atoms with Crippen molar-refractivity contribution in [3.8, 4) is 34.3 Å². The zero-order valence-corrected chi connectivity index (χ0v) is 18.6. The van der Waals surface area contributed by atoms with Crippen LogP contribution in [0, 0.1) is 0 Å². The Morgan fingerprint density at radius 1 is 0.818 bits per heavy atom. The molecule has 0 aliphatic carbocycles. The number of nitrogens with zero attached hydrogens (tertiary/aromatic N) is 1. The molecule has 1 amide bonds. The fraction of sp³-hybridized carbons (Fsp3) is 0.154. The van der Waals surface area contributed by atoms with Gasteiger partial charge in [0.05, 0.1) is 32.5 Å². The molecule has 0 saturated carbocycles. The van der Waals surface area contributed by atoms with Crippen molar-refractivity contribution in [3.63, 3.8) is 0 Å². The van der Waals surface area contributed by atoms with E-state index in [1.807, 2.05) is 54.6 Å². The van der Waals surface area contributed by atoms with Gasteiger partial charge in [-0.1, -0.05) is 24.3 Å². The second-order valence-corrected chi connectivity index (χ2v) is 7.16. The van der Waals surface area contributed by atoms with Gasteiger partial charge >= 0.3 is 0 Å². The van der Waals surface area contributed by atoms with Crippen LogP contribution in [0.1, 0.15) is 0 Å². The van der Waals surface area contributed by atoms with Crippen molar-refractivity contribution in [2.24, 2.45) is 0 Å². The van der Waals surface area contributed by atoms with Crippen molar-refractivity contribution in [3.05, 3.63) is 72.8 Å². The fourth-order valence-corrected chi connectivity index (χ4v) is 3.45. The number of anilines is 1. The normalized spacial score (nSPS) is 10.5. The molecule has 1 aromatic heterocycles. The molecule has 4 rings (SSSR count). The molecule has 1 heterocycles. The molecule has 0 atom stereocenters. The van der Waals surface area contributed by atoms with E-state index in [4.69, 9.17) is 23.9 Å². The van der Waals surface area contributed by atoms with Gasteiger partial charge in [0.1, 0.15) is 11.5 Å². The lowest BCUT2D eigenvalue weighted by Gasteiger charge is -2.13. The summed E-state index contributed by atoms with van der Waals surface area (Å²) < 4.78 is 21.8. The van der Waals surface area contributed by atoms with Crippen molar-refractivity contribution in [1.29, 1.82) is 0 Å². The molecule has 168 valence electrons. The van der Waals surface area contributed by atoms with Gasteiger partial charge < -0.3 is 24.3 Å². The summed E-state index contributed by atoms with van der Waals surface area (Å²) in [4.78, 5) is 17.3. The SMILES string of the molecule is COc1cccc(-c2cc(OCC(=O)Nc3ccc(OC)c(OC)c3)c3ccccc3n2)c1. The molecule has 0 aliphatic heterocycles. The molecule has 0 radical (unpaired) electrons. The first-order valence-corrected chi connectivity index (χ1v) is 10.3. The van der Waals surface area contributed by atoms with E-state index in [0.717, 1.165) is 27.9 Å². The average molecular weight is 444 g/mol. The maximum absolute atomic E-state index is 12.6. The Morgan fingerprint density at radius 3 is 2.42 bits per heavy atom. The van der Waals surface area contributed by atoms with Crippen LogP contribution in [-0.4, -0.2) is 38.8 Å². The van der Waals surface area contributed by atoms with Crippen LogP contribution in [0.5, 0.6) is 23.0 Å². The number of nitrogens with one attached hydrogen (secondary N) is 1. The molecule has 7 nitrogen and oxygen atoms in total. The number of hydrogen-bond acceptors (Lipinski definition) is 6. The van der Waals surface area contributed by atoms with E-state index in [9.17, 15) is 4.79 Å². The van der Waals surface area contributed by atoms with Crippen LogP contribution in [-0.2, 0) is 4.79 Å². The van der Waals surface area contributed by atoms with Gasteiger partial charge in [-0.15, -0.1) is 0 Å². The van der Waals surface area contributed by atoms with E-state index in [2.05, 4.69) is 5.32 Å². The van der Waals surface area contributed by atoms with E-state index in [-0.39, 0.29) is 12.5 Å². The molecule has 33 heavy (non-hydrogen) atoms. The number of hydrogen-bond donors (Lipinski definition) is 1. The number of benzene rings is 3. The van der Waals surface area contributed by atoms with E-state index in [1.54, 1.807) is 39.5 Å². The summed E-state index contributed by atoms with van der Waals surface area (Å²) in [5.74, 6) is 2.12. The predicted octanol–water partition coefficient (Wildman–Crippen LogP) is 4.95. The fourth-order valence-electron chi connectivity index (χ4n) is 3.45. The number of fused-ring (bicyclic) bond motifs is 1. The summed E-state index contributed by atoms with van der Waals surface area (Å²) in [6.07, 6.45) is 0. The van der Waals surface area contributed by atoms with E-state index in [1.165, 1.54) is 0 Å². The number of para-hydroxylation sites is 1. The smallest absolute Gasteiger partial charge is 0.262 e. The molecule has 0 fully saturated rings. The van der Waals surface area contributed by atoms with Gasteiger partial charge in [-0.25, -0.2) is 4.98 Å². The lowest BCUT2D eigenvalue weighted by molar-refractivity contribution is -0.118. The molecular formula is C26H24N2O5. The first-order valence-electron chi connectivity index (χ1n) is 10.3. The summed E-state index contributed by atoms with van der Waals surface area (Å²) in [5, 5.41) is 3.64. The quantitative estimate of drug-likeness (QED) is 0.415. The average Bonchev–Trinajstić information content (AvgIpc) is 2.87. The lowest BCUT2D eigenvalue weighted by Crippen LogP contribution is -2.20. The van der Waals surface area contributed by atoms with Gasteiger partial charge in [-0.2, -0.15) is 0 Å². The number of rotatable bonds is 8. The van der Waals surface area contributed by atoms with Crippen molar-refractivity contribution in [2.45, 2.75) is 0 Å². The standard InChI is InChI=1S/C26H24N2O5/c1-30-19-8-6-7-17(13-19)22-15-24(20-9-4-5-10-21(20)28-22)33-16-26(29)27-18-11-12-23(31-2)25(14-18)32-3/h4-15H,16H2,1-3H3,(H,27,29). The highest BCUT2D eigenvalue weighted by molar-refractivity contribution is 5.93. The molecular weight excluding hydrogens is 420 g/mol. The second-order valence-electron chi connectivity index (χ2n) is 7.16. The largest absolute Gasteiger partial charge is 0.497 e. The van der Waals surface area contributed by atoms with Crippen LogP contribution in [0.4, 0.5) is 5.69 Å². The van der Waals surface area contributed by atoms with Gasteiger partial charge in [0, 0.05) is 28.8 Å². The zero-order chi connectivity index (χ0) is 23.2. The molecule has 0 unspecified atom stereocenters. The number of pyridine rings is 1. The topological polar surface area (TPSA) is 78.9 Å². The number of carbonyl (C=O) groups is 1. The van der Waals surface area contributed by atoms with Crippen molar-refractivity contribution in [2.75, 3.05) is 33.3 Å². The minimum absolute atomic E-state index is 0.167. The minimum Gasteiger partial charge on any atom is -0.497 e. The van der Waals surface area contributed by atoms with Gasteiger partial charge in [-0.05, 0) is 36.4 Å². The minimum atomic E-state index is -0.300. The number of amides is 1. The molecule has 7 heteroatoms. The Bertz CT molecular complexity index is 1290. The lowest BCUT2D eigenvalue weighted by atomic mass is 10.1. The third-order valence-electron chi connectivity index (χ3n) is 5.07. The van der Waals surface area contributed by atoms with Gasteiger partial charge in [-0.3, -0.25) is 4.79 Å². The molecule has 0 aliphatic rings. The first kappa shape index (κ1) is 22.0. The molecule has 0 bridgehead atoms. The van der Waals surface area contributed by atoms with E-state index < -0.39 is 0 Å². The summed E-state index contributed by atoms with van der Waals surface area (Å²) >= 11 is 0. The van der Waals surface area contributed by atoms with E-state index >= 15 is 0 Å². The van der Waals surface area contributed by atoms with Crippen LogP contribution in [0.25, 0.3) is 22.2 Å². The predicted molar refractivity (Wildman–Crippen MR) is 127 cm³/mol. The van der Waals surface area contributed by atoms with Gasteiger partial charge in [0.25, 0.3) is 5.91 Å². The first-order chi connectivity index (χ1) is 16.1. The highest BCUT2D eigenvalue weighted by atomic mass is 16.5. The summed E-state index contributed by atoms with van der Waals surface area (Å²) in [6, 6.07) is 22.3. The highest BCUT2D eigenvalue weighted by Gasteiger charge is 2.12. The van der Waals surface area contributed by atoms with Crippen molar-refractivity contribution >= 4 is 22.5 Å². The van der Waals surface area contributed by atoms with Gasteiger partial charge in [0.2, 0.25) is 0 Å². The summed E-state index contributed by atoms with van der Waals surface area (Å²) in [6.45, 7) is -0.167. The number of carbonyl (C=O) groups excluding carboxylic acids is 1. The number of aromatic nitrogens is 1. The van der Waals surface area contributed by atoms with Crippen molar-refractivity contribution in [1.82, 2.24) is 4.98 Å². The van der Waals surface area contributed by atoms with Gasteiger partial charge in [0.15, 0.2) is 18.1 Å². The summed E-state index contributed by atoms with van der Waals surface area (Å²) in [5.41, 5.74) is 2.97. The second kappa shape index (κ2) is 9.91. The monoisotopic (exact) mass is 444 g/mol. The Hall–Kier alpha value is -4.26. The van der Waals surface area contributed by atoms with E-state index in [0.29, 0.717) is 22.9 Å². The maximum Gasteiger partial charge on any atom is 0.262 e. The van der Waals surface area contributed by atoms with Crippen molar-refractivity contribution < 1.29 is 23.7 Å². The molecule has 0 saturated heterocycles. The molecule has 1 N–H and O–H groups in total. The molecule has 0 spiro atoms. The zero-order valence-electron chi connectivity index (χ0n) is 18.6. The molecule has 4 aromatic rings. The Labute approximate surface area is 191 Å². The molecule has 3 aromatic carbocycles. The van der Waals surface area contributed by atoms with Crippen LogP contribution in [0.2, 0.25) is 0 Å². The van der Waals surface area contributed by atoms with Crippen LogP contribution in [0.3, 0.4) is 0 Å². The highest BCUT2D eigenvalue weighted by Crippen LogP contribution is 2.32. The summed E-state index contributed by atoms with van der Waals surface area (Å²) in [7, 11) is 4.72. The third-order valence-corrected chi connectivity index (χ3v) is 5.07. The third kappa shape index (κ3) is 4.98.